The molecule has 0 spiro atoms. The molecule has 0 aliphatic heterocycles. The molecule has 0 fully saturated rings. The molecule has 1 amide bonds. The molecule has 6 nitrogen and oxygen atoms in total. The molecule has 0 saturated heterocycles. The molecule has 0 bridgehead atoms. The minimum Gasteiger partial charge on any atom is -0.481 e. The van der Waals surface area contributed by atoms with Crippen molar-refractivity contribution in [2.24, 2.45) is 0 Å². The summed E-state index contributed by atoms with van der Waals surface area (Å²) in [4.78, 5) is 28.9. The van der Waals surface area contributed by atoms with Gasteiger partial charge in [0.2, 0.25) is 5.88 Å². The molecule has 2 N–H and O–H groups in total. The minimum absolute atomic E-state index is 0.0251. The highest BCUT2D eigenvalue weighted by Crippen LogP contribution is 2.31. The zero-order chi connectivity index (χ0) is 24.2. The maximum atomic E-state index is 13.1. The van der Waals surface area contributed by atoms with Crippen molar-refractivity contribution in [2.75, 3.05) is 7.11 Å². The Bertz CT molecular complexity index is 1150. The second-order valence-corrected chi connectivity index (χ2v) is 9.09. The monoisotopic (exact) mass is 446 g/mol. The first-order valence-corrected chi connectivity index (χ1v) is 10.8. The van der Waals surface area contributed by atoms with Crippen molar-refractivity contribution >= 4 is 11.9 Å². The van der Waals surface area contributed by atoms with Gasteiger partial charge in [-0.1, -0.05) is 69.3 Å². The van der Waals surface area contributed by atoms with Crippen molar-refractivity contribution in [3.8, 4) is 17.0 Å². The summed E-state index contributed by atoms with van der Waals surface area (Å²) < 4.78 is 5.43. The van der Waals surface area contributed by atoms with Gasteiger partial charge in [0.15, 0.2) is 0 Å². The van der Waals surface area contributed by atoms with E-state index in [2.05, 4.69) is 43.2 Å². The summed E-state index contributed by atoms with van der Waals surface area (Å²) in [6.45, 7) is 8.34. The molecule has 3 rings (SSSR count). The van der Waals surface area contributed by atoms with Crippen LogP contribution in [-0.4, -0.2) is 29.1 Å². The number of aromatic nitrogens is 1. The van der Waals surface area contributed by atoms with Crippen LogP contribution in [0.15, 0.2) is 60.8 Å². The number of nitrogens with one attached hydrogen (secondary N) is 1. The van der Waals surface area contributed by atoms with E-state index in [-0.39, 0.29) is 11.8 Å². The highest BCUT2D eigenvalue weighted by Gasteiger charge is 2.22. The third-order valence-corrected chi connectivity index (χ3v) is 5.62. The standard InChI is InChI=1S/C27H30N2O4/c1-17-8-6-7-9-21(17)23(15-24(30)31)29-25(32)19-14-22(26(33-5)28-16-19)18-10-12-20(13-11-18)27(2,3)4/h6-14,16,23H,15H2,1-5H3,(H,29,32)(H,30,31). The number of aliphatic carboxylic acids is 1. The van der Waals surface area contributed by atoms with Gasteiger partial charge in [0, 0.05) is 11.8 Å². The van der Waals surface area contributed by atoms with Crippen LogP contribution in [0.3, 0.4) is 0 Å². The van der Waals surface area contributed by atoms with Crippen LogP contribution in [0.5, 0.6) is 5.88 Å². The van der Waals surface area contributed by atoms with E-state index >= 15 is 0 Å². The number of hydrogen-bond acceptors (Lipinski definition) is 4. The summed E-state index contributed by atoms with van der Waals surface area (Å²) in [5.74, 6) is -0.973. The van der Waals surface area contributed by atoms with E-state index < -0.39 is 17.9 Å². The molecule has 1 aromatic heterocycles. The second kappa shape index (κ2) is 9.86. The summed E-state index contributed by atoms with van der Waals surface area (Å²) in [5.41, 5.74) is 4.80. The smallest absolute Gasteiger partial charge is 0.305 e. The number of carbonyl (C=O) groups excluding carboxylic acids is 1. The van der Waals surface area contributed by atoms with Gasteiger partial charge in [-0.2, -0.15) is 0 Å². The number of rotatable bonds is 7. The first-order valence-electron chi connectivity index (χ1n) is 10.8. The number of aryl methyl sites for hydroxylation is 1. The summed E-state index contributed by atoms with van der Waals surface area (Å²) in [6.07, 6.45) is 1.22. The predicted molar refractivity (Wildman–Crippen MR) is 129 cm³/mol. The van der Waals surface area contributed by atoms with Gasteiger partial charge in [0.05, 0.1) is 25.1 Å². The van der Waals surface area contributed by atoms with Crippen molar-refractivity contribution in [1.82, 2.24) is 10.3 Å². The third kappa shape index (κ3) is 5.77. The number of ether oxygens (including phenoxy) is 1. The van der Waals surface area contributed by atoms with Crippen molar-refractivity contribution < 1.29 is 19.4 Å². The van der Waals surface area contributed by atoms with Gasteiger partial charge in [-0.25, -0.2) is 4.98 Å². The molecule has 1 heterocycles. The summed E-state index contributed by atoms with van der Waals surface area (Å²) >= 11 is 0. The molecule has 0 aliphatic rings. The van der Waals surface area contributed by atoms with Gasteiger partial charge in [0.25, 0.3) is 5.91 Å². The van der Waals surface area contributed by atoms with Crippen molar-refractivity contribution in [2.45, 2.75) is 45.6 Å². The molecule has 1 unspecified atom stereocenters. The Labute approximate surface area is 194 Å². The van der Waals surface area contributed by atoms with Crippen LogP contribution < -0.4 is 10.1 Å². The van der Waals surface area contributed by atoms with Crippen molar-refractivity contribution in [1.29, 1.82) is 0 Å². The number of amides is 1. The molecule has 33 heavy (non-hydrogen) atoms. The second-order valence-electron chi connectivity index (χ2n) is 9.09. The predicted octanol–water partition coefficient (Wildman–Crippen LogP) is 5.31. The summed E-state index contributed by atoms with van der Waals surface area (Å²) in [7, 11) is 1.54. The Kier molecular flexibility index (Phi) is 7.16. The van der Waals surface area contributed by atoms with E-state index in [1.165, 1.54) is 18.9 Å². The topological polar surface area (TPSA) is 88.5 Å². The SMILES string of the molecule is COc1ncc(C(=O)NC(CC(=O)O)c2ccccc2C)cc1-c1ccc(C(C)(C)C)cc1. The van der Waals surface area contributed by atoms with E-state index in [9.17, 15) is 14.7 Å². The lowest BCUT2D eigenvalue weighted by atomic mass is 9.86. The van der Waals surface area contributed by atoms with Crippen molar-refractivity contribution in [3.05, 3.63) is 83.0 Å². The fourth-order valence-electron chi connectivity index (χ4n) is 3.73. The van der Waals surface area contributed by atoms with Gasteiger partial charge in [-0.15, -0.1) is 0 Å². The zero-order valence-corrected chi connectivity index (χ0v) is 19.7. The Morgan fingerprint density at radius 2 is 1.76 bits per heavy atom. The quantitative estimate of drug-likeness (QED) is 0.514. The molecule has 6 heteroatoms. The highest BCUT2D eigenvalue weighted by molar-refractivity contribution is 5.96. The molecule has 0 aliphatic carbocycles. The van der Waals surface area contributed by atoms with Gasteiger partial charge in [-0.3, -0.25) is 9.59 Å². The van der Waals surface area contributed by atoms with Gasteiger partial charge < -0.3 is 15.2 Å². The molecular formula is C27H30N2O4. The van der Waals surface area contributed by atoms with Crippen LogP contribution in [0.4, 0.5) is 0 Å². The third-order valence-electron chi connectivity index (χ3n) is 5.62. The van der Waals surface area contributed by atoms with Crippen LogP contribution in [0.2, 0.25) is 0 Å². The number of carbonyl (C=O) groups is 2. The normalized spacial score (nSPS) is 12.2. The molecule has 172 valence electrons. The van der Waals surface area contributed by atoms with E-state index in [0.29, 0.717) is 17.0 Å². The lowest BCUT2D eigenvalue weighted by Gasteiger charge is -2.20. The number of carboxylic acid groups (broad SMARTS) is 1. The Hall–Kier alpha value is -3.67. The zero-order valence-electron chi connectivity index (χ0n) is 19.7. The molecule has 2 aromatic carbocycles. The average molecular weight is 447 g/mol. The van der Waals surface area contributed by atoms with Gasteiger partial charge in [0.1, 0.15) is 0 Å². The number of nitrogens with zero attached hydrogens (tertiary/aromatic N) is 1. The molecule has 0 radical (unpaired) electrons. The Morgan fingerprint density at radius 1 is 1.09 bits per heavy atom. The number of carboxylic acids is 1. The van der Waals surface area contributed by atoms with E-state index in [0.717, 1.165) is 16.7 Å². The van der Waals surface area contributed by atoms with Crippen molar-refractivity contribution in [3.63, 3.8) is 0 Å². The molecule has 1 atom stereocenters. The van der Waals surface area contributed by atoms with Crippen LogP contribution in [0.25, 0.3) is 11.1 Å². The Morgan fingerprint density at radius 3 is 2.33 bits per heavy atom. The fourth-order valence-corrected chi connectivity index (χ4v) is 3.73. The number of pyridine rings is 1. The first kappa shape index (κ1) is 24.0. The maximum Gasteiger partial charge on any atom is 0.305 e. The maximum absolute atomic E-state index is 13.1. The van der Waals surface area contributed by atoms with E-state index in [4.69, 9.17) is 4.74 Å². The summed E-state index contributed by atoms with van der Waals surface area (Å²) in [6, 6.07) is 16.6. The first-order chi connectivity index (χ1) is 15.6. The van der Waals surface area contributed by atoms with E-state index in [1.807, 2.05) is 43.3 Å². The number of methoxy groups -OCH3 is 1. The molecular weight excluding hydrogens is 416 g/mol. The lowest BCUT2D eigenvalue weighted by Crippen LogP contribution is -2.30. The van der Waals surface area contributed by atoms with Crippen LogP contribution >= 0.6 is 0 Å². The number of benzene rings is 2. The van der Waals surface area contributed by atoms with Crippen LogP contribution in [0, 0.1) is 6.92 Å². The summed E-state index contributed by atoms with van der Waals surface area (Å²) in [5, 5.41) is 12.2. The minimum atomic E-state index is -0.990. The fraction of sp³-hybridized carbons (Fsp3) is 0.296. The lowest BCUT2D eigenvalue weighted by molar-refractivity contribution is -0.137. The average Bonchev–Trinajstić information content (AvgIpc) is 2.77. The van der Waals surface area contributed by atoms with Gasteiger partial charge in [-0.05, 0) is 40.7 Å². The largest absolute Gasteiger partial charge is 0.481 e. The molecule has 0 saturated carbocycles. The number of hydrogen-bond donors (Lipinski definition) is 2. The van der Waals surface area contributed by atoms with Crippen LogP contribution in [-0.2, 0) is 10.2 Å². The van der Waals surface area contributed by atoms with Crippen LogP contribution in [0.1, 0.15) is 60.3 Å². The highest BCUT2D eigenvalue weighted by atomic mass is 16.5. The van der Waals surface area contributed by atoms with Gasteiger partial charge >= 0.3 is 5.97 Å². The Balaban J connectivity index is 1.93. The van der Waals surface area contributed by atoms with E-state index in [1.54, 1.807) is 6.07 Å². The molecule has 3 aromatic rings.